The van der Waals surface area contributed by atoms with Gasteiger partial charge in [0.2, 0.25) is 0 Å². The van der Waals surface area contributed by atoms with E-state index in [4.69, 9.17) is 16.3 Å². The SMILES string of the molecule is COc1ccc2nc(Nc3ccc(Br)cc3Cl)sc2c1. The molecule has 0 radical (unpaired) electrons. The van der Waals surface area contributed by atoms with Crippen molar-refractivity contribution in [1.29, 1.82) is 0 Å². The second kappa shape index (κ2) is 5.60. The first-order valence-electron chi connectivity index (χ1n) is 5.82. The van der Waals surface area contributed by atoms with Gasteiger partial charge in [0.15, 0.2) is 5.13 Å². The summed E-state index contributed by atoms with van der Waals surface area (Å²) in [5, 5.41) is 4.69. The number of halogens is 2. The molecule has 0 saturated heterocycles. The van der Waals surface area contributed by atoms with Gasteiger partial charge in [0.25, 0.3) is 0 Å². The van der Waals surface area contributed by atoms with Crippen molar-refractivity contribution in [3.05, 3.63) is 45.9 Å². The molecule has 0 bridgehead atoms. The number of ether oxygens (including phenoxy) is 1. The van der Waals surface area contributed by atoms with Crippen LogP contribution in [0.25, 0.3) is 10.2 Å². The molecule has 1 heterocycles. The molecule has 0 aliphatic heterocycles. The van der Waals surface area contributed by atoms with Gasteiger partial charge in [-0.15, -0.1) is 0 Å². The van der Waals surface area contributed by atoms with Crippen LogP contribution in [0.3, 0.4) is 0 Å². The Morgan fingerprint density at radius 2 is 2.10 bits per heavy atom. The third kappa shape index (κ3) is 2.75. The summed E-state index contributed by atoms with van der Waals surface area (Å²) in [6.45, 7) is 0. The van der Waals surface area contributed by atoms with Crippen molar-refractivity contribution in [3.63, 3.8) is 0 Å². The summed E-state index contributed by atoms with van der Waals surface area (Å²) in [7, 11) is 1.66. The number of hydrogen-bond donors (Lipinski definition) is 1. The van der Waals surface area contributed by atoms with E-state index < -0.39 is 0 Å². The summed E-state index contributed by atoms with van der Waals surface area (Å²) in [5.74, 6) is 0.828. The van der Waals surface area contributed by atoms with Gasteiger partial charge in [-0.25, -0.2) is 4.98 Å². The smallest absolute Gasteiger partial charge is 0.188 e. The third-order valence-corrected chi connectivity index (χ3v) is 4.51. The first-order chi connectivity index (χ1) is 9.65. The Morgan fingerprint density at radius 3 is 2.85 bits per heavy atom. The van der Waals surface area contributed by atoms with Crippen LogP contribution in [-0.4, -0.2) is 12.1 Å². The van der Waals surface area contributed by atoms with Crippen molar-refractivity contribution in [1.82, 2.24) is 4.98 Å². The van der Waals surface area contributed by atoms with Crippen molar-refractivity contribution in [3.8, 4) is 5.75 Å². The van der Waals surface area contributed by atoms with Gasteiger partial charge < -0.3 is 10.1 Å². The summed E-state index contributed by atoms with van der Waals surface area (Å²) in [5.41, 5.74) is 1.77. The molecule has 0 spiro atoms. The fourth-order valence-corrected chi connectivity index (χ4v) is 3.42. The van der Waals surface area contributed by atoms with E-state index in [0.29, 0.717) is 5.02 Å². The van der Waals surface area contributed by atoms with Crippen molar-refractivity contribution in [2.45, 2.75) is 0 Å². The molecule has 2 aromatic carbocycles. The van der Waals surface area contributed by atoms with Crippen LogP contribution >= 0.6 is 38.9 Å². The van der Waals surface area contributed by atoms with Crippen molar-refractivity contribution >= 4 is 59.9 Å². The lowest BCUT2D eigenvalue weighted by molar-refractivity contribution is 0.415. The maximum atomic E-state index is 6.19. The molecule has 3 rings (SSSR count). The summed E-state index contributed by atoms with van der Waals surface area (Å²) in [6, 6.07) is 11.5. The van der Waals surface area contributed by atoms with Crippen LogP contribution in [0.15, 0.2) is 40.9 Å². The predicted molar refractivity (Wildman–Crippen MR) is 88.6 cm³/mol. The minimum atomic E-state index is 0.649. The number of thiazole rings is 1. The van der Waals surface area contributed by atoms with Crippen molar-refractivity contribution in [2.24, 2.45) is 0 Å². The number of benzene rings is 2. The molecule has 0 aliphatic carbocycles. The molecule has 102 valence electrons. The highest BCUT2D eigenvalue weighted by Crippen LogP contribution is 2.33. The highest BCUT2D eigenvalue weighted by atomic mass is 79.9. The van der Waals surface area contributed by atoms with Crippen LogP contribution in [-0.2, 0) is 0 Å². The predicted octanol–water partition coefficient (Wildman–Crippen LogP) is 5.46. The number of anilines is 2. The van der Waals surface area contributed by atoms with Gasteiger partial charge >= 0.3 is 0 Å². The average Bonchev–Trinajstić information content (AvgIpc) is 2.83. The van der Waals surface area contributed by atoms with E-state index in [1.54, 1.807) is 18.4 Å². The first kappa shape index (κ1) is 13.7. The van der Waals surface area contributed by atoms with Crippen LogP contribution in [0.1, 0.15) is 0 Å². The topological polar surface area (TPSA) is 34.1 Å². The Morgan fingerprint density at radius 1 is 1.25 bits per heavy atom. The average molecular weight is 370 g/mol. The van der Waals surface area contributed by atoms with E-state index in [1.165, 1.54) is 0 Å². The lowest BCUT2D eigenvalue weighted by Crippen LogP contribution is -1.89. The summed E-state index contributed by atoms with van der Waals surface area (Å²) < 4.78 is 7.23. The van der Waals surface area contributed by atoms with Crippen molar-refractivity contribution in [2.75, 3.05) is 12.4 Å². The molecule has 1 aromatic heterocycles. The van der Waals surface area contributed by atoms with E-state index in [1.807, 2.05) is 36.4 Å². The Balaban J connectivity index is 1.94. The zero-order chi connectivity index (χ0) is 14.1. The Hall–Kier alpha value is -1.30. The van der Waals surface area contributed by atoms with Crippen LogP contribution in [0, 0.1) is 0 Å². The lowest BCUT2D eigenvalue weighted by Gasteiger charge is -2.04. The second-order valence-electron chi connectivity index (χ2n) is 4.10. The quantitative estimate of drug-likeness (QED) is 0.665. The fourth-order valence-electron chi connectivity index (χ4n) is 1.79. The van der Waals surface area contributed by atoms with Crippen LogP contribution in [0.4, 0.5) is 10.8 Å². The number of rotatable bonds is 3. The van der Waals surface area contributed by atoms with Crippen LogP contribution < -0.4 is 10.1 Å². The van der Waals surface area contributed by atoms with Crippen LogP contribution in [0.2, 0.25) is 5.02 Å². The summed E-state index contributed by atoms with van der Waals surface area (Å²) in [6.07, 6.45) is 0. The molecule has 1 N–H and O–H groups in total. The third-order valence-electron chi connectivity index (χ3n) is 2.77. The van der Waals surface area contributed by atoms with Gasteiger partial charge in [-0.2, -0.15) is 0 Å². The van der Waals surface area contributed by atoms with Crippen LogP contribution in [0.5, 0.6) is 5.75 Å². The van der Waals surface area contributed by atoms with Gasteiger partial charge in [0, 0.05) is 4.47 Å². The fraction of sp³-hybridized carbons (Fsp3) is 0.0714. The molecule has 0 fully saturated rings. The number of hydrogen-bond acceptors (Lipinski definition) is 4. The molecule has 0 amide bonds. The summed E-state index contributed by atoms with van der Waals surface area (Å²) >= 11 is 11.1. The Kier molecular flexibility index (Phi) is 3.83. The molecule has 3 nitrogen and oxygen atoms in total. The zero-order valence-electron chi connectivity index (χ0n) is 10.5. The minimum Gasteiger partial charge on any atom is -0.497 e. The first-order valence-corrected chi connectivity index (χ1v) is 7.81. The van der Waals surface area contributed by atoms with E-state index in [9.17, 15) is 0 Å². The molecule has 0 atom stereocenters. The zero-order valence-corrected chi connectivity index (χ0v) is 13.6. The van der Waals surface area contributed by atoms with Crippen molar-refractivity contribution < 1.29 is 4.74 Å². The largest absolute Gasteiger partial charge is 0.497 e. The van der Waals surface area contributed by atoms with E-state index >= 15 is 0 Å². The van der Waals surface area contributed by atoms with Gasteiger partial charge in [0.1, 0.15) is 5.75 Å². The monoisotopic (exact) mass is 368 g/mol. The van der Waals surface area contributed by atoms with Gasteiger partial charge in [-0.1, -0.05) is 38.9 Å². The van der Waals surface area contributed by atoms with E-state index in [2.05, 4.69) is 26.2 Å². The number of fused-ring (bicyclic) bond motifs is 1. The maximum absolute atomic E-state index is 6.19. The molecular weight excluding hydrogens is 360 g/mol. The molecule has 6 heteroatoms. The molecule has 0 aliphatic rings. The Labute approximate surface area is 133 Å². The normalized spacial score (nSPS) is 10.8. The Bertz CT molecular complexity index is 775. The van der Waals surface area contributed by atoms with Gasteiger partial charge in [-0.05, 0) is 36.4 Å². The summed E-state index contributed by atoms with van der Waals surface area (Å²) in [4.78, 5) is 4.53. The molecular formula is C14H10BrClN2OS. The number of nitrogens with zero attached hydrogens (tertiary/aromatic N) is 1. The lowest BCUT2D eigenvalue weighted by atomic mass is 10.3. The second-order valence-corrected chi connectivity index (χ2v) is 6.46. The standard InChI is InChI=1S/C14H10BrClN2OS/c1-19-9-3-5-12-13(7-9)20-14(18-12)17-11-4-2-8(15)6-10(11)16/h2-7H,1H3,(H,17,18). The van der Waals surface area contributed by atoms with E-state index in [0.717, 1.165) is 31.3 Å². The number of nitrogens with one attached hydrogen (secondary N) is 1. The minimum absolute atomic E-state index is 0.649. The number of methoxy groups -OCH3 is 1. The van der Waals surface area contributed by atoms with E-state index in [-0.39, 0.29) is 0 Å². The van der Waals surface area contributed by atoms with Gasteiger partial charge in [-0.3, -0.25) is 0 Å². The molecule has 20 heavy (non-hydrogen) atoms. The highest BCUT2D eigenvalue weighted by Gasteiger charge is 2.07. The highest BCUT2D eigenvalue weighted by molar-refractivity contribution is 9.10. The number of aromatic nitrogens is 1. The maximum Gasteiger partial charge on any atom is 0.188 e. The van der Waals surface area contributed by atoms with Gasteiger partial charge in [0.05, 0.1) is 28.0 Å². The molecule has 3 aromatic rings. The molecule has 0 saturated carbocycles. The molecule has 0 unspecified atom stereocenters.